The van der Waals surface area contributed by atoms with Gasteiger partial charge in [-0.05, 0) is 80.3 Å². The molecular formula is C47H35N3. The van der Waals surface area contributed by atoms with E-state index in [0.717, 1.165) is 28.7 Å². The normalized spacial score (nSPS) is 11.4. The molecule has 0 N–H and O–H groups in total. The summed E-state index contributed by atoms with van der Waals surface area (Å²) in [5, 5.41) is 0. The highest BCUT2D eigenvalue weighted by atomic mass is 15.0. The van der Waals surface area contributed by atoms with Crippen LogP contribution in [-0.2, 0) is 6.42 Å². The molecule has 0 spiro atoms. The molecule has 0 atom stereocenters. The minimum Gasteiger partial charge on any atom is -0.208 e. The second kappa shape index (κ2) is 13.2. The summed E-state index contributed by atoms with van der Waals surface area (Å²) in [5.74, 6) is 1.98. The van der Waals surface area contributed by atoms with Crippen molar-refractivity contribution in [2.75, 3.05) is 0 Å². The van der Waals surface area contributed by atoms with Crippen LogP contribution < -0.4 is 0 Å². The summed E-state index contributed by atoms with van der Waals surface area (Å²) in [6.45, 7) is 0. The van der Waals surface area contributed by atoms with Gasteiger partial charge in [0.15, 0.2) is 17.5 Å². The molecule has 1 aliphatic rings. The van der Waals surface area contributed by atoms with Crippen LogP contribution in [-0.4, -0.2) is 15.0 Å². The van der Waals surface area contributed by atoms with Crippen molar-refractivity contribution in [2.24, 2.45) is 0 Å². The number of hydrogen-bond donors (Lipinski definition) is 0. The van der Waals surface area contributed by atoms with Crippen LogP contribution in [0.5, 0.6) is 0 Å². The summed E-state index contributed by atoms with van der Waals surface area (Å²) in [5.41, 5.74) is 15.6. The Morgan fingerprint density at radius 3 is 1.38 bits per heavy atom. The molecule has 0 aliphatic heterocycles. The van der Waals surface area contributed by atoms with Crippen LogP contribution >= 0.6 is 0 Å². The SMILES string of the molecule is C.c1ccc(-c2cccc(-c3cccc4c3Cc3ccc(-c5cccc(-c6nc(-c7ccccc7)nc(-c7ccccc7)n6)c5)cc3-4)c2)cc1. The molecule has 0 amide bonds. The van der Waals surface area contributed by atoms with Crippen molar-refractivity contribution in [3.63, 3.8) is 0 Å². The van der Waals surface area contributed by atoms with Crippen molar-refractivity contribution in [1.82, 2.24) is 15.0 Å². The number of hydrogen-bond acceptors (Lipinski definition) is 3. The number of rotatable bonds is 6. The summed E-state index contributed by atoms with van der Waals surface area (Å²) < 4.78 is 0. The zero-order chi connectivity index (χ0) is 32.6. The van der Waals surface area contributed by atoms with E-state index >= 15 is 0 Å². The fourth-order valence-corrected chi connectivity index (χ4v) is 6.92. The first-order valence-corrected chi connectivity index (χ1v) is 16.7. The second-order valence-corrected chi connectivity index (χ2v) is 12.4. The standard InChI is InChI=1S/C46H31N3.CH4/c1-4-13-31(14-5-1)34-19-10-21-37(27-34)40-23-12-24-41-42-29-36(25-26-38(42)30-43(40)41)35-20-11-22-39(28-35)46-48-44(32-15-6-2-7-16-32)47-45(49-46)33-17-8-3-9-18-33;/h1-29H,30H2;1H4. The van der Waals surface area contributed by atoms with Gasteiger partial charge in [-0.1, -0.05) is 165 Å². The maximum Gasteiger partial charge on any atom is 0.164 e. The van der Waals surface area contributed by atoms with Crippen molar-refractivity contribution in [1.29, 1.82) is 0 Å². The molecule has 0 unspecified atom stereocenters. The molecule has 3 nitrogen and oxygen atoms in total. The maximum atomic E-state index is 4.96. The molecular weight excluding hydrogens is 607 g/mol. The molecule has 0 fully saturated rings. The van der Waals surface area contributed by atoms with E-state index in [2.05, 4.69) is 115 Å². The Hall–Kier alpha value is -6.45. The van der Waals surface area contributed by atoms with Gasteiger partial charge in [0.25, 0.3) is 0 Å². The largest absolute Gasteiger partial charge is 0.208 e. The lowest BCUT2D eigenvalue weighted by Crippen LogP contribution is -2.00. The van der Waals surface area contributed by atoms with Crippen LogP contribution in [0, 0.1) is 0 Å². The molecule has 3 heteroatoms. The van der Waals surface area contributed by atoms with Gasteiger partial charge in [-0.2, -0.15) is 0 Å². The summed E-state index contributed by atoms with van der Waals surface area (Å²) >= 11 is 0. The zero-order valence-corrected chi connectivity index (χ0v) is 26.8. The highest BCUT2D eigenvalue weighted by Gasteiger charge is 2.22. The third-order valence-corrected chi connectivity index (χ3v) is 9.38. The van der Waals surface area contributed by atoms with E-state index in [1.54, 1.807) is 0 Å². The molecule has 1 aliphatic carbocycles. The van der Waals surface area contributed by atoms with Crippen LogP contribution in [0.2, 0.25) is 0 Å². The lowest BCUT2D eigenvalue weighted by molar-refractivity contribution is 1.07. The van der Waals surface area contributed by atoms with Crippen molar-refractivity contribution in [2.45, 2.75) is 13.8 Å². The van der Waals surface area contributed by atoms with E-state index in [9.17, 15) is 0 Å². The molecule has 7 aromatic carbocycles. The van der Waals surface area contributed by atoms with Crippen LogP contribution in [0.3, 0.4) is 0 Å². The topological polar surface area (TPSA) is 38.7 Å². The summed E-state index contributed by atoms with van der Waals surface area (Å²) in [6.07, 6.45) is 0.923. The number of benzene rings is 7. The number of fused-ring (bicyclic) bond motifs is 3. The first-order chi connectivity index (χ1) is 24.3. The Morgan fingerprint density at radius 1 is 0.300 bits per heavy atom. The lowest BCUT2D eigenvalue weighted by atomic mass is 9.93. The average Bonchev–Trinajstić information content (AvgIpc) is 3.57. The second-order valence-electron chi connectivity index (χ2n) is 12.4. The number of aromatic nitrogens is 3. The van der Waals surface area contributed by atoms with E-state index < -0.39 is 0 Å². The third-order valence-electron chi connectivity index (χ3n) is 9.38. The molecule has 0 radical (unpaired) electrons. The van der Waals surface area contributed by atoms with E-state index in [1.807, 2.05) is 60.7 Å². The van der Waals surface area contributed by atoms with Gasteiger partial charge in [0.2, 0.25) is 0 Å². The number of nitrogens with zero attached hydrogens (tertiary/aromatic N) is 3. The van der Waals surface area contributed by atoms with Gasteiger partial charge in [0.05, 0.1) is 0 Å². The summed E-state index contributed by atoms with van der Waals surface area (Å²) in [7, 11) is 0. The summed E-state index contributed by atoms with van der Waals surface area (Å²) in [6, 6.07) is 61.9. The molecule has 238 valence electrons. The molecule has 9 rings (SSSR count). The van der Waals surface area contributed by atoms with Crippen molar-refractivity contribution >= 4 is 0 Å². The first kappa shape index (κ1) is 30.9. The van der Waals surface area contributed by atoms with Crippen LogP contribution in [0.15, 0.2) is 176 Å². The van der Waals surface area contributed by atoms with Crippen LogP contribution in [0.1, 0.15) is 18.6 Å². The predicted octanol–water partition coefficient (Wildman–Crippen LogP) is 12.1. The minimum absolute atomic E-state index is 0. The van der Waals surface area contributed by atoms with E-state index in [1.165, 1.54) is 50.1 Å². The van der Waals surface area contributed by atoms with Gasteiger partial charge in [0, 0.05) is 16.7 Å². The molecule has 50 heavy (non-hydrogen) atoms. The highest BCUT2D eigenvalue weighted by Crippen LogP contribution is 2.44. The van der Waals surface area contributed by atoms with Crippen molar-refractivity contribution in [3.05, 3.63) is 187 Å². The molecule has 0 bridgehead atoms. The predicted molar refractivity (Wildman–Crippen MR) is 207 cm³/mol. The van der Waals surface area contributed by atoms with Gasteiger partial charge in [-0.15, -0.1) is 0 Å². The highest BCUT2D eigenvalue weighted by molar-refractivity contribution is 5.88. The Kier molecular flexibility index (Phi) is 8.16. The molecule has 8 aromatic rings. The smallest absolute Gasteiger partial charge is 0.164 e. The monoisotopic (exact) mass is 641 g/mol. The Bertz CT molecular complexity index is 2390. The van der Waals surface area contributed by atoms with Crippen LogP contribution in [0.4, 0.5) is 0 Å². The third kappa shape index (κ3) is 5.80. The van der Waals surface area contributed by atoms with Gasteiger partial charge < -0.3 is 0 Å². The molecule has 1 aromatic heterocycles. The first-order valence-electron chi connectivity index (χ1n) is 16.7. The quantitative estimate of drug-likeness (QED) is 0.181. The van der Waals surface area contributed by atoms with Gasteiger partial charge >= 0.3 is 0 Å². The minimum atomic E-state index is 0. The average molecular weight is 642 g/mol. The van der Waals surface area contributed by atoms with Gasteiger partial charge in [-0.3, -0.25) is 0 Å². The Morgan fingerprint density at radius 2 is 0.740 bits per heavy atom. The van der Waals surface area contributed by atoms with E-state index in [-0.39, 0.29) is 7.43 Å². The molecule has 1 heterocycles. The van der Waals surface area contributed by atoms with E-state index in [0.29, 0.717) is 17.5 Å². The van der Waals surface area contributed by atoms with Crippen molar-refractivity contribution in [3.8, 4) is 78.7 Å². The zero-order valence-electron chi connectivity index (χ0n) is 26.8. The van der Waals surface area contributed by atoms with Crippen molar-refractivity contribution < 1.29 is 0 Å². The fraction of sp³-hybridized carbons (Fsp3) is 0.0426. The Balaban J connectivity index is 0.00000361. The van der Waals surface area contributed by atoms with Gasteiger partial charge in [-0.25, -0.2) is 15.0 Å². The fourth-order valence-electron chi connectivity index (χ4n) is 6.92. The maximum absolute atomic E-state index is 4.96. The molecule has 0 saturated heterocycles. The van der Waals surface area contributed by atoms with Gasteiger partial charge in [0.1, 0.15) is 0 Å². The molecule has 0 saturated carbocycles. The summed E-state index contributed by atoms with van der Waals surface area (Å²) in [4.78, 5) is 14.8. The lowest BCUT2D eigenvalue weighted by Gasteiger charge is -2.11. The van der Waals surface area contributed by atoms with E-state index in [4.69, 9.17) is 15.0 Å². The Labute approximate surface area is 293 Å². The van der Waals surface area contributed by atoms with Crippen LogP contribution in [0.25, 0.3) is 78.7 Å².